The van der Waals surface area contributed by atoms with Gasteiger partial charge >= 0.3 is 0 Å². The van der Waals surface area contributed by atoms with E-state index in [2.05, 4.69) is 20.7 Å². The van der Waals surface area contributed by atoms with Gasteiger partial charge < -0.3 is 5.73 Å². The van der Waals surface area contributed by atoms with Crippen LogP contribution in [0.3, 0.4) is 0 Å². The van der Waals surface area contributed by atoms with E-state index in [1.165, 1.54) is 12.1 Å². The van der Waals surface area contributed by atoms with E-state index in [1.807, 2.05) is 0 Å². The molecule has 0 fully saturated rings. The van der Waals surface area contributed by atoms with Gasteiger partial charge in [0.15, 0.2) is 0 Å². The Morgan fingerprint density at radius 1 is 1.10 bits per heavy atom. The molecule has 2 aromatic rings. The second kappa shape index (κ2) is 5.81. The highest BCUT2D eigenvalue weighted by Gasteiger charge is 2.21. The average molecular weight is 396 g/mol. The van der Waals surface area contributed by atoms with E-state index in [9.17, 15) is 8.42 Å². The minimum Gasteiger partial charge on any atom is -0.396 e. The van der Waals surface area contributed by atoms with E-state index >= 15 is 0 Å². The van der Waals surface area contributed by atoms with Crippen LogP contribution in [-0.4, -0.2) is 8.42 Å². The molecule has 0 aliphatic heterocycles. The summed E-state index contributed by atoms with van der Waals surface area (Å²) >= 11 is 15.0. The van der Waals surface area contributed by atoms with Crippen LogP contribution < -0.4 is 10.5 Å². The molecule has 0 radical (unpaired) electrons. The minimum absolute atomic E-state index is 0.0309. The zero-order chi connectivity index (χ0) is 14.9. The summed E-state index contributed by atoms with van der Waals surface area (Å²) in [6.45, 7) is 0. The molecular weight excluding hydrogens is 387 g/mol. The van der Waals surface area contributed by atoms with Gasteiger partial charge in [0, 0.05) is 4.47 Å². The second-order valence-corrected chi connectivity index (χ2v) is 7.15. The van der Waals surface area contributed by atoms with Gasteiger partial charge in [0.25, 0.3) is 10.0 Å². The van der Waals surface area contributed by atoms with Gasteiger partial charge in [-0.05, 0) is 40.2 Å². The number of sulfonamides is 1. The average Bonchev–Trinajstić information content (AvgIpc) is 2.38. The molecule has 0 bridgehead atoms. The normalized spacial score (nSPS) is 11.3. The highest BCUT2D eigenvalue weighted by atomic mass is 79.9. The van der Waals surface area contributed by atoms with Crippen molar-refractivity contribution in [3.05, 3.63) is 50.9 Å². The van der Waals surface area contributed by atoms with Crippen LogP contribution in [0.4, 0.5) is 11.4 Å². The molecule has 106 valence electrons. The Labute approximate surface area is 135 Å². The van der Waals surface area contributed by atoms with Crippen LogP contribution in [0.5, 0.6) is 0 Å². The van der Waals surface area contributed by atoms with E-state index < -0.39 is 10.0 Å². The summed E-state index contributed by atoms with van der Waals surface area (Å²) in [7, 11) is -3.86. The van der Waals surface area contributed by atoms with Crippen molar-refractivity contribution in [2.24, 2.45) is 0 Å². The predicted octanol–water partition coefficient (Wildman–Crippen LogP) is 4.14. The Kier molecular flexibility index (Phi) is 4.49. The number of hydrogen-bond donors (Lipinski definition) is 2. The Balaban J connectivity index is 2.47. The molecule has 20 heavy (non-hydrogen) atoms. The largest absolute Gasteiger partial charge is 0.396 e. The summed E-state index contributed by atoms with van der Waals surface area (Å²) < 4.78 is 27.7. The highest BCUT2D eigenvalue weighted by molar-refractivity contribution is 9.10. The van der Waals surface area contributed by atoms with E-state index in [0.29, 0.717) is 10.2 Å². The number of rotatable bonds is 3. The van der Waals surface area contributed by atoms with Crippen LogP contribution in [0.15, 0.2) is 45.8 Å². The first kappa shape index (κ1) is 15.4. The first-order valence-corrected chi connectivity index (χ1v) is 8.37. The molecule has 0 aliphatic carbocycles. The van der Waals surface area contributed by atoms with E-state index in [-0.39, 0.29) is 20.6 Å². The third-order valence-electron chi connectivity index (χ3n) is 2.50. The van der Waals surface area contributed by atoms with Gasteiger partial charge in [-0.1, -0.05) is 35.3 Å². The number of anilines is 2. The quantitative estimate of drug-likeness (QED) is 0.767. The Morgan fingerprint density at radius 3 is 2.40 bits per heavy atom. The molecule has 3 N–H and O–H groups in total. The number of para-hydroxylation sites is 1. The molecule has 0 aliphatic rings. The summed E-state index contributed by atoms with van der Waals surface area (Å²) in [6.07, 6.45) is 0. The molecular formula is C12H9BrCl2N2O2S. The van der Waals surface area contributed by atoms with Crippen molar-refractivity contribution in [1.82, 2.24) is 0 Å². The van der Waals surface area contributed by atoms with Gasteiger partial charge in [0.2, 0.25) is 0 Å². The molecule has 4 nitrogen and oxygen atoms in total. The zero-order valence-corrected chi connectivity index (χ0v) is 13.8. The van der Waals surface area contributed by atoms with Crippen molar-refractivity contribution in [3.63, 3.8) is 0 Å². The molecule has 0 atom stereocenters. The maximum Gasteiger partial charge on any atom is 0.263 e. The fourth-order valence-corrected chi connectivity index (χ4v) is 3.86. The van der Waals surface area contributed by atoms with Crippen LogP contribution in [0, 0.1) is 0 Å². The molecule has 0 heterocycles. The number of hydrogen-bond acceptors (Lipinski definition) is 3. The van der Waals surface area contributed by atoms with Crippen molar-refractivity contribution in [2.45, 2.75) is 4.90 Å². The predicted molar refractivity (Wildman–Crippen MR) is 85.8 cm³/mol. The van der Waals surface area contributed by atoms with Gasteiger partial charge in [-0.2, -0.15) is 0 Å². The Morgan fingerprint density at radius 2 is 1.75 bits per heavy atom. The topological polar surface area (TPSA) is 72.2 Å². The zero-order valence-electron chi connectivity index (χ0n) is 9.90. The third-order valence-corrected chi connectivity index (χ3v) is 5.45. The molecule has 0 saturated heterocycles. The van der Waals surface area contributed by atoms with Gasteiger partial charge in [0.1, 0.15) is 4.90 Å². The minimum atomic E-state index is -3.86. The number of benzene rings is 2. The van der Waals surface area contributed by atoms with Gasteiger partial charge in [-0.25, -0.2) is 8.42 Å². The van der Waals surface area contributed by atoms with Gasteiger partial charge in [-0.15, -0.1) is 0 Å². The van der Waals surface area contributed by atoms with Crippen LogP contribution in [-0.2, 0) is 10.0 Å². The molecule has 2 aromatic carbocycles. The lowest BCUT2D eigenvalue weighted by molar-refractivity contribution is 0.601. The van der Waals surface area contributed by atoms with Crippen LogP contribution in [0.2, 0.25) is 10.0 Å². The van der Waals surface area contributed by atoms with Crippen molar-refractivity contribution in [3.8, 4) is 0 Å². The maximum absolute atomic E-state index is 12.3. The standard InChI is InChI=1S/C12H9BrCl2N2O2S/c13-7-3-1-2-4-9(7)17-20(18,19)10-6-5-8(14)12(16)11(10)15/h1-6,17H,16H2. The van der Waals surface area contributed by atoms with E-state index in [4.69, 9.17) is 28.9 Å². The fourth-order valence-electron chi connectivity index (χ4n) is 1.50. The summed E-state index contributed by atoms with van der Waals surface area (Å²) in [5.74, 6) is 0. The molecule has 0 saturated carbocycles. The second-order valence-electron chi connectivity index (χ2n) is 3.86. The lowest BCUT2D eigenvalue weighted by Crippen LogP contribution is -2.14. The number of nitrogen functional groups attached to an aromatic ring is 1. The summed E-state index contributed by atoms with van der Waals surface area (Å²) in [5.41, 5.74) is 6.07. The number of nitrogens with one attached hydrogen (secondary N) is 1. The SMILES string of the molecule is Nc1c(Cl)ccc(S(=O)(=O)Nc2ccccc2Br)c1Cl. The highest BCUT2D eigenvalue weighted by Crippen LogP contribution is 2.34. The van der Waals surface area contributed by atoms with Crippen molar-refractivity contribution >= 4 is 60.5 Å². The van der Waals surface area contributed by atoms with Crippen molar-refractivity contribution in [2.75, 3.05) is 10.5 Å². The Bertz CT molecular complexity index is 766. The lowest BCUT2D eigenvalue weighted by atomic mass is 10.3. The first-order valence-electron chi connectivity index (χ1n) is 5.34. The summed E-state index contributed by atoms with van der Waals surface area (Å²) in [6, 6.07) is 9.51. The summed E-state index contributed by atoms with van der Waals surface area (Å²) in [5, 5.41) is 0.104. The Hall–Kier alpha value is -0.950. The lowest BCUT2D eigenvalue weighted by Gasteiger charge is -2.12. The molecule has 2 rings (SSSR count). The number of nitrogens with two attached hydrogens (primary N) is 1. The molecule has 0 unspecified atom stereocenters. The van der Waals surface area contributed by atoms with E-state index in [0.717, 1.165) is 0 Å². The number of halogens is 3. The van der Waals surface area contributed by atoms with Crippen molar-refractivity contribution in [1.29, 1.82) is 0 Å². The molecule has 0 amide bonds. The maximum atomic E-state index is 12.3. The molecule has 8 heteroatoms. The third kappa shape index (κ3) is 3.03. The van der Waals surface area contributed by atoms with E-state index in [1.54, 1.807) is 24.3 Å². The first-order chi connectivity index (χ1) is 9.33. The summed E-state index contributed by atoms with van der Waals surface area (Å²) in [4.78, 5) is -0.128. The molecule has 0 aromatic heterocycles. The van der Waals surface area contributed by atoms with Gasteiger partial charge in [-0.3, -0.25) is 4.72 Å². The monoisotopic (exact) mass is 394 g/mol. The van der Waals surface area contributed by atoms with Gasteiger partial charge in [0.05, 0.1) is 21.4 Å². The van der Waals surface area contributed by atoms with Crippen LogP contribution >= 0.6 is 39.1 Å². The smallest absolute Gasteiger partial charge is 0.263 e. The fraction of sp³-hybridized carbons (Fsp3) is 0. The van der Waals surface area contributed by atoms with Crippen LogP contribution in [0.1, 0.15) is 0 Å². The molecule has 0 spiro atoms. The van der Waals surface area contributed by atoms with Crippen molar-refractivity contribution < 1.29 is 8.42 Å². The van der Waals surface area contributed by atoms with Crippen LogP contribution in [0.25, 0.3) is 0 Å².